The molecule has 0 amide bonds. The van der Waals surface area contributed by atoms with Gasteiger partial charge in [0.25, 0.3) is 0 Å². The fraction of sp³-hybridized carbons (Fsp3) is 0.556. The topological polar surface area (TPSA) is 41.8 Å². The van der Waals surface area contributed by atoms with Crippen molar-refractivity contribution in [3.05, 3.63) is 41.3 Å². The molecule has 1 saturated carbocycles. The molecule has 2 rings (SSSR count). The summed E-state index contributed by atoms with van der Waals surface area (Å²) in [5.41, 5.74) is 4.06. The Labute approximate surface area is 128 Å². The van der Waals surface area contributed by atoms with Crippen molar-refractivity contribution in [1.82, 2.24) is 0 Å². The first-order valence-electron chi connectivity index (χ1n) is 7.75. The Morgan fingerprint density at radius 1 is 1.14 bits per heavy atom. The number of oxime groups is 1. The van der Waals surface area contributed by atoms with E-state index in [-0.39, 0.29) is 18.6 Å². The highest BCUT2D eigenvalue weighted by molar-refractivity contribution is 5.85. The van der Waals surface area contributed by atoms with Gasteiger partial charge in [0.2, 0.25) is 0 Å². The average Bonchev–Trinajstić information content (AvgIpc) is 2.47. The van der Waals surface area contributed by atoms with Crippen LogP contribution in [0.15, 0.2) is 29.4 Å². The molecule has 115 valence electrons. The summed E-state index contributed by atoms with van der Waals surface area (Å²) >= 11 is 0. The Balaban J connectivity index is 1.98. The van der Waals surface area contributed by atoms with Gasteiger partial charge in [-0.05, 0) is 42.2 Å². The zero-order valence-electron chi connectivity index (χ0n) is 13.4. The van der Waals surface area contributed by atoms with Crippen LogP contribution < -0.4 is 0 Å². The highest BCUT2D eigenvalue weighted by Crippen LogP contribution is 2.33. The number of benzene rings is 1. The van der Waals surface area contributed by atoms with Crippen molar-refractivity contribution >= 4 is 5.71 Å². The molecular formula is C18H26NO2. The SMILES string of the molecule is CC(C)(C)c1cccc([C]2CCC(=NOCCO)CC2)c1. The van der Waals surface area contributed by atoms with Crippen LogP contribution in [-0.4, -0.2) is 24.0 Å². The number of hydrogen-bond donors (Lipinski definition) is 1. The van der Waals surface area contributed by atoms with Crippen LogP contribution in [0.2, 0.25) is 0 Å². The molecule has 1 fully saturated rings. The smallest absolute Gasteiger partial charge is 0.140 e. The van der Waals surface area contributed by atoms with Gasteiger partial charge in [-0.2, -0.15) is 0 Å². The molecule has 1 radical (unpaired) electrons. The second kappa shape index (κ2) is 7.08. The molecule has 3 nitrogen and oxygen atoms in total. The molecule has 1 N–H and O–H groups in total. The van der Waals surface area contributed by atoms with Crippen LogP contribution in [0.3, 0.4) is 0 Å². The predicted molar refractivity (Wildman–Crippen MR) is 86.4 cm³/mol. The second-order valence-corrected chi connectivity index (χ2v) is 6.65. The molecule has 0 atom stereocenters. The van der Waals surface area contributed by atoms with E-state index in [9.17, 15) is 0 Å². The standard InChI is InChI=1S/C18H26NO2/c1-18(2,3)16-6-4-5-15(13-16)14-7-9-17(10-8-14)19-21-12-11-20/h4-6,13,20H,7-12H2,1-3H3. The minimum Gasteiger partial charge on any atom is -0.393 e. The van der Waals surface area contributed by atoms with Crippen molar-refractivity contribution in [2.75, 3.05) is 13.2 Å². The highest BCUT2D eigenvalue weighted by atomic mass is 16.6. The molecule has 0 unspecified atom stereocenters. The van der Waals surface area contributed by atoms with Gasteiger partial charge in [-0.1, -0.05) is 50.2 Å². The largest absolute Gasteiger partial charge is 0.393 e. The van der Waals surface area contributed by atoms with E-state index in [1.807, 2.05) is 0 Å². The summed E-state index contributed by atoms with van der Waals surface area (Å²) in [7, 11) is 0. The van der Waals surface area contributed by atoms with Gasteiger partial charge in [0.05, 0.1) is 12.3 Å². The molecule has 21 heavy (non-hydrogen) atoms. The third-order valence-corrected chi connectivity index (χ3v) is 3.94. The van der Waals surface area contributed by atoms with Crippen molar-refractivity contribution in [3.8, 4) is 0 Å². The highest BCUT2D eigenvalue weighted by Gasteiger charge is 2.22. The first-order chi connectivity index (χ1) is 10.0. The maximum absolute atomic E-state index is 8.68. The lowest BCUT2D eigenvalue weighted by atomic mass is 9.80. The molecule has 0 aromatic heterocycles. The zero-order chi connectivity index (χ0) is 15.3. The first kappa shape index (κ1) is 16.0. The summed E-state index contributed by atoms with van der Waals surface area (Å²) in [4.78, 5) is 5.06. The van der Waals surface area contributed by atoms with Gasteiger partial charge in [-0.3, -0.25) is 0 Å². The van der Waals surface area contributed by atoms with Crippen LogP contribution in [0.25, 0.3) is 0 Å². The normalized spacial score (nSPS) is 16.9. The fourth-order valence-electron chi connectivity index (χ4n) is 2.60. The number of hydrogen-bond acceptors (Lipinski definition) is 3. The monoisotopic (exact) mass is 288 g/mol. The van der Waals surface area contributed by atoms with E-state index in [2.05, 4.69) is 50.2 Å². The number of aliphatic hydroxyl groups is 1. The van der Waals surface area contributed by atoms with E-state index in [0.717, 1.165) is 31.4 Å². The van der Waals surface area contributed by atoms with Crippen LogP contribution in [0.4, 0.5) is 0 Å². The van der Waals surface area contributed by atoms with Crippen molar-refractivity contribution in [1.29, 1.82) is 0 Å². The lowest BCUT2D eigenvalue weighted by Gasteiger charge is -2.25. The van der Waals surface area contributed by atoms with Crippen molar-refractivity contribution in [2.45, 2.75) is 51.9 Å². The zero-order valence-corrected chi connectivity index (χ0v) is 13.4. The Bertz CT molecular complexity index is 478. The average molecular weight is 288 g/mol. The minimum absolute atomic E-state index is 0.0216. The maximum atomic E-state index is 8.68. The second-order valence-electron chi connectivity index (χ2n) is 6.65. The maximum Gasteiger partial charge on any atom is 0.140 e. The summed E-state index contributed by atoms with van der Waals surface area (Å²) in [6.45, 7) is 7.06. The Kier molecular flexibility index (Phi) is 5.40. The van der Waals surface area contributed by atoms with Gasteiger partial charge >= 0.3 is 0 Å². The summed E-state index contributed by atoms with van der Waals surface area (Å²) in [6, 6.07) is 8.92. The van der Waals surface area contributed by atoms with E-state index in [4.69, 9.17) is 9.94 Å². The van der Waals surface area contributed by atoms with Crippen LogP contribution in [0.5, 0.6) is 0 Å². The van der Waals surface area contributed by atoms with Gasteiger partial charge in [-0.15, -0.1) is 0 Å². The molecule has 0 heterocycles. The quantitative estimate of drug-likeness (QED) is 0.675. The summed E-state index contributed by atoms with van der Waals surface area (Å²) < 4.78 is 0. The first-order valence-corrected chi connectivity index (χ1v) is 7.75. The van der Waals surface area contributed by atoms with Crippen molar-refractivity contribution in [2.24, 2.45) is 5.16 Å². The van der Waals surface area contributed by atoms with Gasteiger partial charge in [0.1, 0.15) is 6.61 Å². The van der Waals surface area contributed by atoms with Crippen LogP contribution in [-0.2, 0) is 10.3 Å². The van der Waals surface area contributed by atoms with Crippen LogP contribution in [0.1, 0.15) is 57.6 Å². The molecule has 0 bridgehead atoms. The van der Waals surface area contributed by atoms with Gasteiger partial charge in [0, 0.05) is 5.92 Å². The van der Waals surface area contributed by atoms with Crippen LogP contribution >= 0.6 is 0 Å². The molecule has 0 saturated heterocycles. The molecule has 0 spiro atoms. The van der Waals surface area contributed by atoms with E-state index in [1.54, 1.807) is 0 Å². The van der Waals surface area contributed by atoms with Crippen molar-refractivity contribution in [3.63, 3.8) is 0 Å². The van der Waals surface area contributed by atoms with E-state index >= 15 is 0 Å². The third-order valence-electron chi connectivity index (χ3n) is 3.94. The third kappa shape index (κ3) is 4.57. The lowest BCUT2D eigenvalue weighted by molar-refractivity contribution is 0.0975. The molecular weight excluding hydrogens is 262 g/mol. The number of nitrogens with zero attached hydrogens (tertiary/aromatic N) is 1. The molecule has 1 aromatic rings. The predicted octanol–water partition coefficient (Wildman–Crippen LogP) is 3.85. The minimum atomic E-state index is 0.0216. The Morgan fingerprint density at radius 2 is 1.86 bits per heavy atom. The molecule has 1 aromatic carbocycles. The number of rotatable bonds is 4. The van der Waals surface area contributed by atoms with E-state index in [0.29, 0.717) is 0 Å². The van der Waals surface area contributed by atoms with Crippen LogP contribution in [0, 0.1) is 5.92 Å². The van der Waals surface area contributed by atoms with E-state index in [1.165, 1.54) is 17.0 Å². The van der Waals surface area contributed by atoms with E-state index < -0.39 is 0 Å². The summed E-state index contributed by atoms with van der Waals surface area (Å²) in [5, 5.41) is 12.8. The number of aliphatic hydroxyl groups excluding tert-OH is 1. The molecule has 1 aliphatic carbocycles. The van der Waals surface area contributed by atoms with Gasteiger partial charge in [-0.25, -0.2) is 0 Å². The summed E-state index contributed by atoms with van der Waals surface area (Å²) in [5.74, 6) is 1.52. The Hall–Kier alpha value is -1.35. The fourth-order valence-corrected chi connectivity index (χ4v) is 2.60. The molecule has 1 aliphatic rings. The molecule has 0 aliphatic heterocycles. The Morgan fingerprint density at radius 3 is 2.48 bits per heavy atom. The van der Waals surface area contributed by atoms with Gasteiger partial charge in [0.15, 0.2) is 0 Å². The van der Waals surface area contributed by atoms with Gasteiger partial charge < -0.3 is 9.94 Å². The van der Waals surface area contributed by atoms with Crippen molar-refractivity contribution < 1.29 is 9.94 Å². The lowest BCUT2D eigenvalue weighted by Crippen LogP contribution is -2.16. The molecule has 3 heteroatoms. The summed E-state index contributed by atoms with van der Waals surface area (Å²) in [6.07, 6.45) is 4.02.